The van der Waals surface area contributed by atoms with Crippen LogP contribution in [0.25, 0.3) is 6.08 Å². The van der Waals surface area contributed by atoms with Gasteiger partial charge < -0.3 is 5.11 Å². The summed E-state index contributed by atoms with van der Waals surface area (Å²) in [4.78, 5) is 12.4. The summed E-state index contributed by atoms with van der Waals surface area (Å²) in [5.74, 6) is -1.41. The minimum absolute atomic E-state index is 0.265. The highest BCUT2D eigenvalue weighted by Gasteiger charge is 2.06. The molecule has 0 radical (unpaired) electrons. The number of rotatable bonds is 5. The molecule has 20 heavy (non-hydrogen) atoms. The number of halogens is 2. The molecule has 0 aliphatic heterocycles. The van der Waals surface area contributed by atoms with Gasteiger partial charge in [-0.05, 0) is 36.4 Å². The topological polar surface area (TPSA) is 37.3 Å². The Balaban J connectivity index is 2.01. The molecule has 0 atom stereocenters. The molecule has 1 aromatic heterocycles. The van der Waals surface area contributed by atoms with Gasteiger partial charge in [0.25, 0.3) is 0 Å². The number of carbonyl (C=O) groups is 1. The number of carboxylic acids is 1. The number of aliphatic carboxylic acids is 1. The molecule has 1 N–H and O–H groups in total. The van der Waals surface area contributed by atoms with E-state index in [1.807, 2.05) is 6.07 Å². The third-order valence-electron chi connectivity index (χ3n) is 2.34. The molecule has 1 aromatic carbocycles. The molecule has 104 valence electrons. The second kappa shape index (κ2) is 6.67. The van der Waals surface area contributed by atoms with Crippen LogP contribution >= 0.6 is 23.1 Å². The summed E-state index contributed by atoms with van der Waals surface area (Å²) in [5, 5.41) is 8.53. The monoisotopic (exact) mass is 312 g/mol. The first-order valence-electron chi connectivity index (χ1n) is 5.62. The Morgan fingerprint density at radius 1 is 1.30 bits per heavy atom. The maximum Gasteiger partial charge on any atom is 0.328 e. The van der Waals surface area contributed by atoms with E-state index in [9.17, 15) is 13.6 Å². The van der Waals surface area contributed by atoms with E-state index in [1.165, 1.54) is 35.2 Å². The summed E-state index contributed by atoms with van der Waals surface area (Å²) in [6.45, 7) is 0. The maximum atomic E-state index is 13.4. The minimum Gasteiger partial charge on any atom is -0.478 e. The van der Waals surface area contributed by atoms with Crippen molar-refractivity contribution in [2.24, 2.45) is 0 Å². The lowest BCUT2D eigenvalue weighted by atomic mass is 10.3. The van der Waals surface area contributed by atoms with E-state index < -0.39 is 17.6 Å². The lowest BCUT2D eigenvalue weighted by Gasteiger charge is -2.01. The Bertz CT molecular complexity index is 650. The average molecular weight is 312 g/mol. The molecular weight excluding hydrogens is 302 g/mol. The molecule has 1 heterocycles. The van der Waals surface area contributed by atoms with Gasteiger partial charge in [-0.3, -0.25) is 0 Å². The van der Waals surface area contributed by atoms with Gasteiger partial charge in [0.05, 0.1) is 0 Å². The Morgan fingerprint density at radius 2 is 2.10 bits per heavy atom. The maximum absolute atomic E-state index is 13.4. The molecule has 0 spiro atoms. The largest absolute Gasteiger partial charge is 0.478 e. The molecule has 0 saturated heterocycles. The normalized spacial score (nSPS) is 11.1. The minimum atomic E-state index is -1.00. The molecule has 0 saturated carbocycles. The standard InChI is InChI=1S/C14H10F2O2S2/c15-9-1-5-12(16)13(7-9)19-8-11-3-2-10(20-11)4-6-14(17)18/h1-7H,8H2,(H,17,18). The molecule has 0 fully saturated rings. The molecule has 0 aliphatic rings. The molecule has 2 nitrogen and oxygen atoms in total. The van der Waals surface area contributed by atoms with Crippen LogP contribution in [-0.4, -0.2) is 11.1 Å². The second-order valence-electron chi connectivity index (χ2n) is 3.84. The number of carboxylic acid groups (broad SMARTS) is 1. The summed E-state index contributed by atoms with van der Waals surface area (Å²) in [6, 6.07) is 6.99. The van der Waals surface area contributed by atoms with Crippen molar-refractivity contribution in [2.75, 3.05) is 0 Å². The smallest absolute Gasteiger partial charge is 0.328 e. The van der Waals surface area contributed by atoms with Crippen molar-refractivity contribution in [3.63, 3.8) is 0 Å². The van der Waals surface area contributed by atoms with Gasteiger partial charge in [0.2, 0.25) is 0 Å². The first-order chi connectivity index (χ1) is 9.54. The van der Waals surface area contributed by atoms with Crippen molar-refractivity contribution < 1.29 is 18.7 Å². The van der Waals surface area contributed by atoms with E-state index in [0.29, 0.717) is 5.75 Å². The lowest BCUT2D eigenvalue weighted by Crippen LogP contribution is -1.84. The summed E-state index contributed by atoms with van der Waals surface area (Å²) < 4.78 is 26.4. The molecule has 0 unspecified atom stereocenters. The SMILES string of the molecule is O=C(O)C=Cc1ccc(CSc2cc(F)ccc2F)s1. The highest BCUT2D eigenvalue weighted by Crippen LogP contribution is 2.29. The fraction of sp³-hybridized carbons (Fsp3) is 0.0714. The summed E-state index contributed by atoms with van der Waals surface area (Å²) in [6.07, 6.45) is 2.57. The van der Waals surface area contributed by atoms with Crippen molar-refractivity contribution in [3.8, 4) is 0 Å². The molecule has 2 aromatic rings. The van der Waals surface area contributed by atoms with E-state index in [4.69, 9.17) is 5.11 Å². The predicted octanol–water partition coefficient (Wildman–Crippen LogP) is 4.42. The Labute approximate surface area is 122 Å². The highest BCUT2D eigenvalue weighted by atomic mass is 32.2. The van der Waals surface area contributed by atoms with Gasteiger partial charge in [0.1, 0.15) is 11.6 Å². The first kappa shape index (κ1) is 14.7. The van der Waals surface area contributed by atoms with Crippen LogP contribution in [0.3, 0.4) is 0 Å². The molecule has 6 heteroatoms. The van der Waals surface area contributed by atoms with Crippen LogP contribution in [0.2, 0.25) is 0 Å². The van der Waals surface area contributed by atoms with Crippen LogP contribution in [0.5, 0.6) is 0 Å². The number of hydrogen-bond acceptors (Lipinski definition) is 3. The fourth-order valence-corrected chi connectivity index (χ4v) is 3.37. The van der Waals surface area contributed by atoms with E-state index in [1.54, 1.807) is 6.07 Å². The summed E-state index contributed by atoms with van der Waals surface area (Å²) >= 11 is 2.62. The van der Waals surface area contributed by atoms with Crippen LogP contribution in [0.1, 0.15) is 9.75 Å². The van der Waals surface area contributed by atoms with Gasteiger partial charge in [0, 0.05) is 26.5 Å². The fourth-order valence-electron chi connectivity index (χ4n) is 1.45. The van der Waals surface area contributed by atoms with Gasteiger partial charge >= 0.3 is 5.97 Å². The third-order valence-corrected chi connectivity index (χ3v) is 4.65. The highest BCUT2D eigenvalue weighted by molar-refractivity contribution is 7.98. The van der Waals surface area contributed by atoms with Crippen molar-refractivity contribution in [1.29, 1.82) is 0 Å². The zero-order valence-electron chi connectivity index (χ0n) is 10.2. The number of thiophene rings is 1. The van der Waals surface area contributed by atoms with Crippen LogP contribution in [-0.2, 0) is 10.5 Å². The predicted molar refractivity (Wildman–Crippen MR) is 76.9 cm³/mol. The summed E-state index contributed by atoms with van der Waals surface area (Å²) in [7, 11) is 0. The molecule has 0 bridgehead atoms. The van der Waals surface area contributed by atoms with Crippen LogP contribution < -0.4 is 0 Å². The van der Waals surface area contributed by atoms with Crippen LogP contribution in [0, 0.1) is 11.6 Å². The summed E-state index contributed by atoms with van der Waals surface area (Å²) in [5.41, 5.74) is 0. The number of hydrogen-bond donors (Lipinski definition) is 1. The van der Waals surface area contributed by atoms with E-state index in [-0.39, 0.29) is 4.90 Å². The van der Waals surface area contributed by atoms with Crippen molar-refractivity contribution in [1.82, 2.24) is 0 Å². The zero-order valence-corrected chi connectivity index (χ0v) is 11.8. The van der Waals surface area contributed by atoms with Crippen molar-refractivity contribution in [3.05, 3.63) is 57.8 Å². The van der Waals surface area contributed by atoms with Crippen molar-refractivity contribution >= 4 is 35.1 Å². The van der Waals surface area contributed by atoms with Gasteiger partial charge in [0.15, 0.2) is 0 Å². The number of benzene rings is 1. The van der Waals surface area contributed by atoms with Crippen LogP contribution in [0.15, 0.2) is 41.3 Å². The molecule has 0 aliphatic carbocycles. The quantitative estimate of drug-likeness (QED) is 0.656. The Kier molecular flexibility index (Phi) is 4.92. The van der Waals surface area contributed by atoms with Gasteiger partial charge in [-0.25, -0.2) is 13.6 Å². The van der Waals surface area contributed by atoms with Gasteiger partial charge in [-0.2, -0.15) is 0 Å². The van der Waals surface area contributed by atoms with E-state index >= 15 is 0 Å². The van der Waals surface area contributed by atoms with Gasteiger partial charge in [-0.15, -0.1) is 23.1 Å². The molecular formula is C14H10F2O2S2. The van der Waals surface area contributed by atoms with Crippen LogP contribution in [0.4, 0.5) is 8.78 Å². The second-order valence-corrected chi connectivity index (χ2v) is 6.06. The Hall–Kier alpha value is -1.66. The Morgan fingerprint density at radius 3 is 2.85 bits per heavy atom. The van der Waals surface area contributed by atoms with Crippen molar-refractivity contribution in [2.45, 2.75) is 10.6 Å². The zero-order chi connectivity index (χ0) is 14.5. The molecule has 0 amide bonds. The van der Waals surface area contributed by atoms with Gasteiger partial charge in [-0.1, -0.05) is 0 Å². The molecule has 2 rings (SSSR count). The number of thioether (sulfide) groups is 1. The van der Waals surface area contributed by atoms with E-state index in [0.717, 1.165) is 28.0 Å². The first-order valence-corrected chi connectivity index (χ1v) is 7.42. The average Bonchev–Trinajstić information content (AvgIpc) is 2.85. The third kappa shape index (κ3) is 4.18. The van der Waals surface area contributed by atoms with E-state index in [2.05, 4.69) is 0 Å². The lowest BCUT2D eigenvalue weighted by molar-refractivity contribution is -0.131.